The van der Waals surface area contributed by atoms with Crippen LogP contribution in [-0.2, 0) is 21.1 Å². The zero-order valence-electron chi connectivity index (χ0n) is 9.80. The Balaban J connectivity index is 2.31. The lowest BCUT2D eigenvalue weighted by atomic mass is 9.96. The average molecular weight is 269 g/mol. The minimum Gasteiger partial charge on any atom is -0.481 e. The number of carboxylic acid groups (broad SMARTS) is 1. The van der Waals surface area contributed by atoms with Crippen LogP contribution in [0.15, 0.2) is 23.1 Å². The van der Waals surface area contributed by atoms with Crippen LogP contribution in [0.3, 0.4) is 0 Å². The molecule has 1 aliphatic rings. The molecule has 0 saturated carbocycles. The Morgan fingerprint density at radius 2 is 2.17 bits per heavy atom. The predicted molar refractivity (Wildman–Crippen MR) is 66.0 cm³/mol. The number of carbonyl (C=O) groups is 1. The van der Waals surface area contributed by atoms with E-state index in [1.54, 1.807) is 18.2 Å². The van der Waals surface area contributed by atoms with E-state index in [4.69, 9.17) is 10.8 Å². The first-order chi connectivity index (χ1) is 8.42. The highest BCUT2D eigenvalue weighted by atomic mass is 32.2. The van der Waals surface area contributed by atoms with E-state index in [1.807, 2.05) is 0 Å². The second-order valence-corrected chi connectivity index (χ2v) is 6.51. The molecule has 3 N–H and O–H groups in total. The molecule has 1 aliphatic heterocycles. The number of nitrogens with two attached hydrogens (primary N) is 1. The zero-order chi connectivity index (χ0) is 13.3. The quantitative estimate of drug-likeness (QED) is 0.845. The van der Waals surface area contributed by atoms with Crippen molar-refractivity contribution in [1.29, 1.82) is 0 Å². The fourth-order valence-electron chi connectivity index (χ4n) is 2.27. The van der Waals surface area contributed by atoms with Gasteiger partial charge in [-0.15, -0.1) is 0 Å². The van der Waals surface area contributed by atoms with E-state index in [0.29, 0.717) is 17.7 Å². The monoisotopic (exact) mass is 269 g/mol. The van der Waals surface area contributed by atoms with Gasteiger partial charge in [0, 0.05) is 12.5 Å². The van der Waals surface area contributed by atoms with Gasteiger partial charge >= 0.3 is 5.97 Å². The number of sulfone groups is 1. The number of benzene rings is 1. The molecular formula is C12H15NO4S. The maximum atomic E-state index is 11.8. The summed E-state index contributed by atoms with van der Waals surface area (Å²) in [5.41, 5.74) is 7.47. The lowest BCUT2D eigenvalue weighted by Gasteiger charge is -2.14. The molecule has 0 aromatic heterocycles. The van der Waals surface area contributed by atoms with E-state index in [9.17, 15) is 13.2 Å². The normalized spacial score (nSPS) is 18.3. The molecule has 2 rings (SSSR count). The van der Waals surface area contributed by atoms with Crippen LogP contribution in [0, 0.1) is 0 Å². The average Bonchev–Trinajstić information content (AvgIpc) is 2.62. The molecule has 0 saturated heterocycles. The van der Waals surface area contributed by atoms with E-state index in [-0.39, 0.29) is 12.2 Å². The van der Waals surface area contributed by atoms with Gasteiger partial charge in [-0.1, -0.05) is 12.1 Å². The molecule has 5 nitrogen and oxygen atoms in total. The molecular weight excluding hydrogens is 254 g/mol. The van der Waals surface area contributed by atoms with Gasteiger partial charge in [0.1, 0.15) is 0 Å². The summed E-state index contributed by atoms with van der Waals surface area (Å²) < 4.78 is 23.5. The van der Waals surface area contributed by atoms with Crippen molar-refractivity contribution < 1.29 is 18.3 Å². The Morgan fingerprint density at radius 3 is 2.83 bits per heavy atom. The Labute approximate surface area is 106 Å². The first-order valence-electron chi connectivity index (χ1n) is 5.74. The Kier molecular flexibility index (Phi) is 3.41. The Bertz CT molecular complexity index is 580. The van der Waals surface area contributed by atoms with Crippen LogP contribution < -0.4 is 5.73 Å². The number of rotatable bonds is 4. The van der Waals surface area contributed by atoms with E-state index >= 15 is 0 Å². The lowest BCUT2D eigenvalue weighted by molar-refractivity contribution is -0.137. The molecule has 1 aromatic carbocycles. The highest BCUT2D eigenvalue weighted by molar-refractivity contribution is 7.91. The van der Waals surface area contributed by atoms with Crippen LogP contribution in [0.1, 0.15) is 30.0 Å². The van der Waals surface area contributed by atoms with Gasteiger partial charge in [0.2, 0.25) is 0 Å². The summed E-state index contributed by atoms with van der Waals surface area (Å²) in [5.74, 6) is -0.781. The highest BCUT2D eigenvalue weighted by Crippen LogP contribution is 2.32. The molecule has 0 spiro atoms. The minimum atomic E-state index is -3.16. The first kappa shape index (κ1) is 13.0. The third-order valence-electron chi connectivity index (χ3n) is 3.19. The maximum absolute atomic E-state index is 11.8. The lowest BCUT2D eigenvalue weighted by Crippen LogP contribution is -2.14. The largest absolute Gasteiger partial charge is 0.481 e. The predicted octanol–water partition coefficient (Wildman–Crippen LogP) is 0.881. The molecule has 98 valence electrons. The van der Waals surface area contributed by atoms with Crippen LogP contribution in [0.5, 0.6) is 0 Å². The molecule has 1 aromatic rings. The summed E-state index contributed by atoms with van der Waals surface area (Å²) in [4.78, 5) is 10.9. The second kappa shape index (κ2) is 4.70. The van der Waals surface area contributed by atoms with Crippen LogP contribution in [0.2, 0.25) is 0 Å². The molecule has 6 heteroatoms. The van der Waals surface area contributed by atoms with Gasteiger partial charge in [-0.3, -0.25) is 4.79 Å². The van der Waals surface area contributed by atoms with Crippen LogP contribution in [0.4, 0.5) is 0 Å². The fraction of sp³-hybridized carbons (Fsp3) is 0.417. The number of hydrogen-bond donors (Lipinski definition) is 2. The molecule has 18 heavy (non-hydrogen) atoms. The molecule has 1 unspecified atom stereocenters. The van der Waals surface area contributed by atoms with Gasteiger partial charge in [-0.2, -0.15) is 0 Å². The standard InChI is InChI=1S/C12H15NO4S/c13-10(4-5-12(14)15)8-2-1-3-11-9(8)6-7-18(11,16)17/h1-3,10H,4-7,13H2,(H,14,15). The van der Waals surface area contributed by atoms with Crippen molar-refractivity contribution in [3.63, 3.8) is 0 Å². The van der Waals surface area contributed by atoms with Crippen molar-refractivity contribution in [2.24, 2.45) is 5.73 Å². The van der Waals surface area contributed by atoms with Crippen molar-refractivity contribution in [2.45, 2.75) is 30.2 Å². The number of fused-ring (bicyclic) bond motifs is 1. The van der Waals surface area contributed by atoms with Crippen molar-refractivity contribution in [3.8, 4) is 0 Å². The number of aliphatic carboxylic acids is 1. The van der Waals surface area contributed by atoms with Crippen molar-refractivity contribution in [3.05, 3.63) is 29.3 Å². The van der Waals surface area contributed by atoms with E-state index in [1.165, 1.54) is 0 Å². The number of hydrogen-bond acceptors (Lipinski definition) is 4. The SMILES string of the molecule is NC(CCC(=O)O)c1cccc2c1CCS2(=O)=O. The van der Waals surface area contributed by atoms with E-state index in [2.05, 4.69) is 0 Å². The van der Waals surface area contributed by atoms with Gasteiger partial charge in [-0.25, -0.2) is 8.42 Å². The Morgan fingerprint density at radius 1 is 1.44 bits per heavy atom. The third-order valence-corrected chi connectivity index (χ3v) is 4.99. The van der Waals surface area contributed by atoms with Crippen LogP contribution >= 0.6 is 0 Å². The molecule has 0 radical (unpaired) electrons. The smallest absolute Gasteiger partial charge is 0.303 e. The molecule has 1 atom stereocenters. The van der Waals surface area contributed by atoms with Crippen molar-refractivity contribution >= 4 is 15.8 Å². The molecule has 1 heterocycles. The van der Waals surface area contributed by atoms with E-state index in [0.717, 1.165) is 11.1 Å². The van der Waals surface area contributed by atoms with Crippen molar-refractivity contribution in [1.82, 2.24) is 0 Å². The summed E-state index contributed by atoms with van der Waals surface area (Å²) >= 11 is 0. The van der Waals surface area contributed by atoms with Gasteiger partial charge in [0.25, 0.3) is 0 Å². The zero-order valence-corrected chi connectivity index (χ0v) is 10.6. The molecule has 0 bridgehead atoms. The van der Waals surface area contributed by atoms with Gasteiger partial charge < -0.3 is 10.8 Å². The summed E-state index contributed by atoms with van der Waals surface area (Å²) in [6, 6.07) is 4.61. The Hall–Kier alpha value is -1.40. The van der Waals surface area contributed by atoms with Gasteiger partial charge in [0.15, 0.2) is 9.84 Å². The van der Waals surface area contributed by atoms with Crippen LogP contribution in [0.25, 0.3) is 0 Å². The number of carboxylic acids is 1. The highest BCUT2D eigenvalue weighted by Gasteiger charge is 2.29. The van der Waals surface area contributed by atoms with Crippen molar-refractivity contribution in [2.75, 3.05) is 5.75 Å². The summed E-state index contributed by atoms with van der Waals surface area (Å²) in [5, 5.41) is 8.63. The summed E-state index contributed by atoms with van der Waals surface area (Å²) in [7, 11) is -3.16. The van der Waals surface area contributed by atoms with E-state index < -0.39 is 21.8 Å². The summed E-state index contributed by atoms with van der Waals surface area (Å²) in [6.45, 7) is 0. The first-order valence-corrected chi connectivity index (χ1v) is 7.39. The third kappa shape index (κ3) is 2.39. The van der Waals surface area contributed by atoms with Crippen LogP contribution in [-0.4, -0.2) is 25.2 Å². The van der Waals surface area contributed by atoms with Gasteiger partial charge in [0.05, 0.1) is 10.6 Å². The summed E-state index contributed by atoms with van der Waals surface area (Å²) in [6.07, 6.45) is 0.762. The topological polar surface area (TPSA) is 97.5 Å². The second-order valence-electron chi connectivity index (χ2n) is 4.43. The molecule has 0 amide bonds. The molecule has 0 aliphatic carbocycles. The van der Waals surface area contributed by atoms with Gasteiger partial charge in [-0.05, 0) is 30.0 Å². The maximum Gasteiger partial charge on any atom is 0.303 e. The molecule has 0 fully saturated rings. The minimum absolute atomic E-state index is 0.0163. The fourth-order valence-corrected chi connectivity index (χ4v) is 3.84.